The fourth-order valence-corrected chi connectivity index (χ4v) is 3.53. The van der Waals surface area contributed by atoms with Crippen molar-refractivity contribution in [1.82, 2.24) is 5.32 Å². The van der Waals surface area contributed by atoms with Crippen LogP contribution in [0.3, 0.4) is 0 Å². The van der Waals surface area contributed by atoms with Gasteiger partial charge in [-0.15, -0.1) is 0 Å². The molecule has 0 aliphatic heterocycles. The average Bonchev–Trinajstić information content (AvgIpc) is 2.81. The molecule has 6 nitrogen and oxygen atoms in total. The van der Waals surface area contributed by atoms with E-state index in [1.165, 1.54) is 0 Å². The molecule has 9 heteroatoms. The van der Waals surface area contributed by atoms with Gasteiger partial charge in [0.05, 0.1) is 12.0 Å². The summed E-state index contributed by atoms with van der Waals surface area (Å²) in [7, 11) is 1.58. The number of hydrogen-bond acceptors (Lipinski definition) is 5. The maximum Gasteiger partial charge on any atom is 0.419 e. The highest BCUT2D eigenvalue weighted by molar-refractivity contribution is 5.95. The van der Waals surface area contributed by atoms with E-state index in [9.17, 15) is 27.9 Å². The van der Waals surface area contributed by atoms with Gasteiger partial charge in [0.1, 0.15) is 29.3 Å². The third-order valence-corrected chi connectivity index (χ3v) is 5.35. The zero-order chi connectivity index (χ0) is 27.4. The average molecular weight is 516 g/mol. The normalized spacial score (nSPS) is 11.6. The Morgan fingerprint density at radius 3 is 1.97 bits per heavy atom. The molecule has 0 aliphatic carbocycles. The van der Waals surface area contributed by atoms with Gasteiger partial charge in [-0.3, -0.25) is 4.79 Å². The summed E-state index contributed by atoms with van der Waals surface area (Å²) in [4.78, 5) is 24.2. The summed E-state index contributed by atoms with van der Waals surface area (Å²) in [5.41, 5.74) is -0.153. The highest BCUT2D eigenvalue weighted by Crippen LogP contribution is 2.39. The molecule has 3 rings (SSSR count). The van der Waals surface area contributed by atoms with E-state index in [0.29, 0.717) is 11.8 Å². The van der Waals surface area contributed by atoms with E-state index in [4.69, 9.17) is 9.47 Å². The van der Waals surface area contributed by atoms with E-state index in [-0.39, 0.29) is 24.5 Å². The van der Waals surface area contributed by atoms with Crippen LogP contribution in [0.25, 0.3) is 11.1 Å². The van der Waals surface area contributed by atoms with Gasteiger partial charge in [0.25, 0.3) is 0 Å². The number of carbonyl (C=O) groups excluding carboxylic acids is 2. The first-order valence-corrected chi connectivity index (χ1v) is 11.5. The van der Waals surface area contributed by atoms with Gasteiger partial charge >= 0.3 is 12.1 Å². The first-order valence-electron chi connectivity index (χ1n) is 11.5. The number of phenolic OH excluding ortho intramolecular Hbond substituents is 1. The summed E-state index contributed by atoms with van der Waals surface area (Å²) in [5, 5.41) is 12.9. The molecule has 0 unspecified atom stereocenters. The van der Waals surface area contributed by atoms with Crippen LogP contribution < -0.4 is 10.1 Å². The van der Waals surface area contributed by atoms with Crippen molar-refractivity contribution in [2.45, 2.75) is 45.6 Å². The highest BCUT2D eigenvalue weighted by Gasteiger charge is 2.37. The van der Waals surface area contributed by atoms with Crippen molar-refractivity contribution in [3.8, 4) is 22.6 Å². The number of nitrogens with one attached hydrogen (secondary N) is 1. The number of alkyl halides is 3. The summed E-state index contributed by atoms with van der Waals surface area (Å²) in [6.45, 7) is 4.45. The Morgan fingerprint density at radius 2 is 1.46 bits per heavy atom. The quantitative estimate of drug-likeness (QED) is 0.383. The molecule has 0 radical (unpaired) electrons. The van der Waals surface area contributed by atoms with Crippen LogP contribution in [0.4, 0.5) is 13.2 Å². The SMILES string of the molecule is CNC(=O)Cc1ccc(-c2ccc(OCc3ccc(C(F)(F)F)c(O)c3C(=O)OC(C)(C)C)cc2)cc1. The van der Waals surface area contributed by atoms with Crippen molar-refractivity contribution in [2.75, 3.05) is 7.05 Å². The Balaban J connectivity index is 1.79. The van der Waals surface area contributed by atoms with Crippen LogP contribution in [0.1, 0.15) is 47.8 Å². The van der Waals surface area contributed by atoms with Gasteiger partial charge < -0.3 is 19.9 Å². The standard InChI is InChI=1S/C28H28F3NO5/c1-27(2,3)37-26(35)24-20(11-14-22(25(24)34)28(29,30)31)16-36-21-12-9-19(10-13-21)18-7-5-17(6-8-18)15-23(33)32-4/h5-14,34H,15-16H2,1-4H3,(H,32,33). The molecule has 0 saturated heterocycles. The molecular weight excluding hydrogens is 487 g/mol. The molecule has 0 aromatic heterocycles. The van der Waals surface area contributed by atoms with Gasteiger partial charge in [0, 0.05) is 12.6 Å². The Kier molecular flexibility index (Phi) is 8.15. The molecule has 2 N–H and O–H groups in total. The number of likely N-dealkylation sites (N-methyl/N-ethyl adjacent to an activating group) is 1. The monoisotopic (exact) mass is 515 g/mol. The number of amides is 1. The Bertz CT molecular complexity index is 1260. The lowest BCUT2D eigenvalue weighted by Gasteiger charge is -2.22. The van der Waals surface area contributed by atoms with E-state index in [1.54, 1.807) is 40.0 Å². The number of benzene rings is 3. The summed E-state index contributed by atoms with van der Waals surface area (Å²) in [6.07, 6.45) is -4.56. The van der Waals surface area contributed by atoms with Crippen LogP contribution >= 0.6 is 0 Å². The zero-order valence-corrected chi connectivity index (χ0v) is 20.9. The van der Waals surface area contributed by atoms with Crippen molar-refractivity contribution in [3.05, 3.63) is 82.9 Å². The van der Waals surface area contributed by atoms with E-state index in [2.05, 4.69) is 5.32 Å². The van der Waals surface area contributed by atoms with Crippen molar-refractivity contribution >= 4 is 11.9 Å². The van der Waals surface area contributed by atoms with Crippen LogP contribution in [-0.2, 0) is 28.7 Å². The topological polar surface area (TPSA) is 84.9 Å². The maximum absolute atomic E-state index is 13.3. The molecule has 0 atom stereocenters. The largest absolute Gasteiger partial charge is 0.506 e. The minimum absolute atomic E-state index is 0.0514. The lowest BCUT2D eigenvalue weighted by Crippen LogP contribution is -2.25. The fourth-order valence-electron chi connectivity index (χ4n) is 3.53. The van der Waals surface area contributed by atoms with E-state index >= 15 is 0 Å². The van der Waals surface area contributed by atoms with Crippen LogP contribution in [-0.4, -0.2) is 29.6 Å². The van der Waals surface area contributed by atoms with Gasteiger partial charge in [-0.25, -0.2) is 4.79 Å². The maximum atomic E-state index is 13.3. The summed E-state index contributed by atoms with van der Waals surface area (Å²) < 4.78 is 50.9. The zero-order valence-electron chi connectivity index (χ0n) is 20.9. The molecule has 0 spiro atoms. The third kappa shape index (κ3) is 7.25. The number of phenols is 1. The molecule has 196 valence electrons. The lowest BCUT2D eigenvalue weighted by molar-refractivity contribution is -0.138. The molecule has 3 aromatic carbocycles. The second kappa shape index (κ2) is 10.9. The third-order valence-electron chi connectivity index (χ3n) is 5.35. The van der Waals surface area contributed by atoms with Crippen LogP contribution in [0.15, 0.2) is 60.7 Å². The van der Waals surface area contributed by atoms with Gasteiger partial charge in [0.2, 0.25) is 5.91 Å². The first kappa shape index (κ1) is 27.6. The minimum Gasteiger partial charge on any atom is -0.506 e. The van der Waals surface area contributed by atoms with E-state index in [1.807, 2.05) is 36.4 Å². The minimum atomic E-state index is -4.85. The number of ether oxygens (including phenoxy) is 2. The van der Waals surface area contributed by atoms with Gasteiger partial charge in [-0.05, 0) is 55.7 Å². The molecule has 0 heterocycles. The molecular formula is C28H28F3NO5. The molecule has 0 saturated carbocycles. The molecule has 0 aliphatic rings. The number of rotatable bonds is 7. The molecule has 0 fully saturated rings. The predicted molar refractivity (Wildman–Crippen MR) is 132 cm³/mol. The second-order valence-corrected chi connectivity index (χ2v) is 9.36. The summed E-state index contributed by atoms with van der Waals surface area (Å²) in [6, 6.07) is 16.3. The van der Waals surface area contributed by atoms with Gasteiger partial charge in [-0.1, -0.05) is 42.5 Å². The first-order chi connectivity index (χ1) is 17.3. The number of aromatic hydroxyl groups is 1. The number of halogens is 3. The highest BCUT2D eigenvalue weighted by atomic mass is 19.4. The Hall–Kier alpha value is -4.01. The van der Waals surface area contributed by atoms with E-state index < -0.39 is 34.6 Å². The molecule has 0 bridgehead atoms. The smallest absolute Gasteiger partial charge is 0.419 e. The molecule has 1 amide bonds. The Labute approximate surface area is 213 Å². The van der Waals surface area contributed by atoms with Gasteiger partial charge in [0.15, 0.2) is 0 Å². The predicted octanol–water partition coefficient (Wildman–Crippen LogP) is 5.90. The van der Waals surface area contributed by atoms with Crippen LogP contribution in [0.2, 0.25) is 0 Å². The van der Waals surface area contributed by atoms with Crippen molar-refractivity contribution < 1.29 is 37.3 Å². The fraction of sp³-hybridized carbons (Fsp3) is 0.286. The number of carbonyl (C=O) groups is 2. The van der Waals surface area contributed by atoms with Crippen LogP contribution in [0.5, 0.6) is 11.5 Å². The molecule has 37 heavy (non-hydrogen) atoms. The number of hydrogen-bond donors (Lipinski definition) is 2. The van der Waals surface area contributed by atoms with Crippen molar-refractivity contribution in [3.63, 3.8) is 0 Å². The summed E-state index contributed by atoms with van der Waals surface area (Å²) in [5.74, 6) is -1.94. The van der Waals surface area contributed by atoms with E-state index in [0.717, 1.165) is 22.8 Å². The molecule has 3 aromatic rings. The number of esters is 1. The Morgan fingerprint density at radius 1 is 0.892 bits per heavy atom. The second-order valence-electron chi connectivity index (χ2n) is 9.36. The van der Waals surface area contributed by atoms with Crippen LogP contribution in [0, 0.1) is 0 Å². The summed E-state index contributed by atoms with van der Waals surface area (Å²) >= 11 is 0. The van der Waals surface area contributed by atoms with Gasteiger partial charge in [-0.2, -0.15) is 13.2 Å². The lowest BCUT2D eigenvalue weighted by atomic mass is 10.0. The van der Waals surface area contributed by atoms with Crippen molar-refractivity contribution in [1.29, 1.82) is 0 Å². The van der Waals surface area contributed by atoms with Crippen molar-refractivity contribution in [2.24, 2.45) is 0 Å².